The molecule has 1 aliphatic heterocycles. The van der Waals surface area contributed by atoms with E-state index in [1.54, 1.807) is 24.1 Å². The van der Waals surface area contributed by atoms with Crippen LogP contribution >= 0.6 is 0 Å². The summed E-state index contributed by atoms with van der Waals surface area (Å²) in [5.74, 6) is -0.947. The second kappa shape index (κ2) is 7.16. The highest BCUT2D eigenvalue weighted by Gasteiger charge is 2.37. The molecule has 0 amide bonds. The van der Waals surface area contributed by atoms with Crippen LogP contribution in [0.5, 0.6) is 0 Å². The zero-order valence-electron chi connectivity index (χ0n) is 16.5. The molecule has 5 rings (SSSR count). The molecule has 0 bridgehead atoms. The third kappa shape index (κ3) is 3.46. The number of nitrogens with one attached hydrogen (secondary N) is 2. The zero-order valence-corrected chi connectivity index (χ0v) is 16.5. The SMILES string of the molecule is Cn1cc(-c2n[nH]c3cnc(-c4c(F)cc([C@H]5CCCN5)cc4C(F)(F)F)cc23)cn1. The number of H-pyrrole nitrogens is 1. The van der Waals surface area contributed by atoms with Crippen molar-refractivity contribution in [3.05, 3.63) is 53.7 Å². The van der Waals surface area contributed by atoms with Crippen molar-refractivity contribution in [3.8, 4) is 22.5 Å². The Labute approximate surface area is 174 Å². The van der Waals surface area contributed by atoms with E-state index in [0.717, 1.165) is 12.5 Å². The second-order valence-electron chi connectivity index (χ2n) is 7.66. The fourth-order valence-electron chi connectivity index (χ4n) is 4.10. The van der Waals surface area contributed by atoms with Crippen molar-refractivity contribution in [2.75, 3.05) is 6.54 Å². The van der Waals surface area contributed by atoms with E-state index in [2.05, 4.69) is 25.6 Å². The van der Waals surface area contributed by atoms with Crippen molar-refractivity contribution in [2.45, 2.75) is 25.1 Å². The predicted molar refractivity (Wildman–Crippen MR) is 106 cm³/mol. The Balaban J connectivity index is 1.68. The molecule has 1 atom stereocenters. The summed E-state index contributed by atoms with van der Waals surface area (Å²) in [5.41, 5.74) is 0.325. The normalized spacial score (nSPS) is 17.0. The van der Waals surface area contributed by atoms with Crippen molar-refractivity contribution in [1.29, 1.82) is 0 Å². The fraction of sp³-hybridized carbons (Fsp3) is 0.286. The van der Waals surface area contributed by atoms with E-state index < -0.39 is 23.1 Å². The van der Waals surface area contributed by atoms with Gasteiger partial charge < -0.3 is 5.32 Å². The van der Waals surface area contributed by atoms with Gasteiger partial charge in [0.15, 0.2) is 0 Å². The van der Waals surface area contributed by atoms with Gasteiger partial charge in [-0.1, -0.05) is 0 Å². The van der Waals surface area contributed by atoms with Crippen LogP contribution in [-0.2, 0) is 13.2 Å². The molecule has 1 saturated heterocycles. The maximum absolute atomic E-state index is 15.1. The van der Waals surface area contributed by atoms with Crippen LogP contribution in [0.25, 0.3) is 33.4 Å². The van der Waals surface area contributed by atoms with Crippen LogP contribution < -0.4 is 5.32 Å². The first-order valence-corrected chi connectivity index (χ1v) is 9.79. The topological polar surface area (TPSA) is 71.4 Å². The lowest BCUT2D eigenvalue weighted by Gasteiger charge is -2.18. The fourth-order valence-corrected chi connectivity index (χ4v) is 4.10. The molecule has 3 aromatic heterocycles. The van der Waals surface area contributed by atoms with Crippen LogP contribution in [0.4, 0.5) is 17.6 Å². The second-order valence-corrected chi connectivity index (χ2v) is 7.66. The Kier molecular flexibility index (Phi) is 4.54. The van der Waals surface area contributed by atoms with Crippen LogP contribution in [-0.4, -0.2) is 31.5 Å². The molecule has 160 valence electrons. The van der Waals surface area contributed by atoms with E-state index in [1.165, 1.54) is 18.3 Å². The highest BCUT2D eigenvalue weighted by Crippen LogP contribution is 2.41. The first-order valence-electron chi connectivity index (χ1n) is 9.79. The predicted octanol–water partition coefficient (Wildman–Crippen LogP) is 4.61. The number of nitrogens with zero attached hydrogens (tertiary/aromatic N) is 4. The molecule has 31 heavy (non-hydrogen) atoms. The van der Waals surface area contributed by atoms with Crippen molar-refractivity contribution >= 4 is 10.9 Å². The van der Waals surface area contributed by atoms with Gasteiger partial charge in [-0.15, -0.1) is 0 Å². The monoisotopic (exact) mass is 430 g/mol. The molecule has 6 nitrogen and oxygen atoms in total. The number of aromatic nitrogens is 5. The lowest BCUT2D eigenvalue weighted by atomic mass is 9.95. The minimum atomic E-state index is -4.73. The molecule has 0 spiro atoms. The summed E-state index contributed by atoms with van der Waals surface area (Å²) in [6, 6.07) is 3.36. The van der Waals surface area contributed by atoms with Gasteiger partial charge in [-0.3, -0.25) is 14.8 Å². The van der Waals surface area contributed by atoms with Gasteiger partial charge in [0.1, 0.15) is 11.5 Å². The molecule has 1 aliphatic rings. The smallest absolute Gasteiger partial charge is 0.310 e. The number of aromatic amines is 1. The largest absolute Gasteiger partial charge is 0.417 e. The van der Waals surface area contributed by atoms with Crippen LogP contribution in [0, 0.1) is 5.82 Å². The number of hydrogen-bond acceptors (Lipinski definition) is 4. The number of aryl methyl sites for hydroxylation is 1. The molecule has 2 N–H and O–H groups in total. The van der Waals surface area contributed by atoms with E-state index in [0.29, 0.717) is 40.7 Å². The third-order valence-corrected chi connectivity index (χ3v) is 5.56. The number of halogens is 4. The zero-order chi connectivity index (χ0) is 21.8. The number of hydrogen-bond donors (Lipinski definition) is 2. The molecule has 10 heteroatoms. The van der Waals surface area contributed by atoms with Gasteiger partial charge >= 0.3 is 6.18 Å². The summed E-state index contributed by atoms with van der Waals surface area (Å²) in [6.45, 7) is 0.700. The standard InChI is InChI=1S/C21H18F4N6/c1-31-10-12(8-28-31)20-13-7-17(27-9-18(13)29-30-20)19-14(21(23,24)25)5-11(6-15(19)22)16-3-2-4-26-16/h5-10,16,26H,2-4H2,1H3,(H,29,30)/t16-/m1/s1. The van der Waals surface area contributed by atoms with Gasteiger partial charge in [-0.05, 0) is 43.1 Å². The summed E-state index contributed by atoms with van der Waals surface area (Å²) in [5, 5.41) is 14.8. The quantitative estimate of drug-likeness (QED) is 0.466. The van der Waals surface area contributed by atoms with Crippen LogP contribution in [0.2, 0.25) is 0 Å². The minimum absolute atomic E-state index is 0.102. The van der Waals surface area contributed by atoms with Gasteiger partial charge in [0.25, 0.3) is 0 Å². The van der Waals surface area contributed by atoms with E-state index >= 15 is 4.39 Å². The highest BCUT2D eigenvalue weighted by molar-refractivity contribution is 5.94. The molecule has 1 fully saturated rings. The van der Waals surface area contributed by atoms with Crippen molar-refractivity contribution in [2.24, 2.45) is 7.05 Å². The van der Waals surface area contributed by atoms with Crippen molar-refractivity contribution in [3.63, 3.8) is 0 Å². The first kappa shape index (κ1) is 19.7. The molecule has 0 unspecified atom stereocenters. The van der Waals surface area contributed by atoms with Crippen molar-refractivity contribution < 1.29 is 17.6 Å². The van der Waals surface area contributed by atoms with Gasteiger partial charge in [0.05, 0.1) is 29.2 Å². The van der Waals surface area contributed by atoms with Crippen LogP contribution in [0.1, 0.15) is 30.0 Å². The Bertz CT molecular complexity index is 1270. The summed E-state index contributed by atoms with van der Waals surface area (Å²) >= 11 is 0. The molecule has 0 aliphatic carbocycles. The third-order valence-electron chi connectivity index (χ3n) is 5.56. The maximum Gasteiger partial charge on any atom is 0.417 e. The molecule has 0 saturated carbocycles. The van der Waals surface area contributed by atoms with Crippen LogP contribution in [0.15, 0.2) is 36.8 Å². The average Bonchev–Trinajstić information content (AvgIpc) is 3.46. The summed E-state index contributed by atoms with van der Waals surface area (Å²) in [6.07, 6.45) is 1.48. The Morgan fingerprint density at radius 3 is 2.68 bits per heavy atom. The lowest BCUT2D eigenvalue weighted by Crippen LogP contribution is -2.16. The number of pyridine rings is 1. The maximum atomic E-state index is 15.1. The Hall–Kier alpha value is -3.27. The molecular formula is C21H18F4N6. The molecule has 4 aromatic rings. The average molecular weight is 430 g/mol. The Morgan fingerprint density at radius 1 is 1.16 bits per heavy atom. The number of fused-ring (bicyclic) bond motifs is 1. The van der Waals surface area contributed by atoms with Gasteiger partial charge in [0, 0.05) is 35.8 Å². The molecule has 0 radical (unpaired) electrons. The van der Waals surface area contributed by atoms with E-state index in [9.17, 15) is 13.2 Å². The molecular weight excluding hydrogens is 412 g/mol. The number of alkyl halides is 3. The van der Waals surface area contributed by atoms with Gasteiger partial charge in [0.2, 0.25) is 0 Å². The first-order chi connectivity index (χ1) is 14.8. The summed E-state index contributed by atoms with van der Waals surface area (Å²) in [7, 11) is 1.75. The van der Waals surface area contributed by atoms with E-state index in [-0.39, 0.29) is 11.7 Å². The molecule has 4 heterocycles. The number of rotatable bonds is 3. The van der Waals surface area contributed by atoms with E-state index in [1.807, 2.05) is 0 Å². The minimum Gasteiger partial charge on any atom is -0.310 e. The van der Waals surface area contributed by atoms with E-state index in [4.69, 9.17) is 0 Å². The molecule has 1 aromatic carbocycles. The lowest BCUT2D eigenvalue weighted by molar-refractivity contribution is -0.137. The summed E-state index contributed by atoms with van der Waals surface area (Å²) in [4.78, 5) is 4.10. The van der Waals surface area contributed by atoms with Crippen molar-refractivity contribution in [1.82, 2.24) is 30.3 Å². The summed E-state index contributed by atoms with van der Waals surface area (Å²) < 4.78 is 58.5. The highest BCUT2D eigenvalue weighted by atomic mass is 19.4. The van der Waals surface area contributed by atoms with Gasteiger partial charge in [-0.2, -0.15) is 23.4 Å². The van der Waals surface area contributed by atoms with Crippen LogP contribution in [0.3, 0.4) is 0 Å². The Morgan fingerprint density at radius 2 is 2.00 bits per heavy atom. The van der Waals surface area contributed by atoms with Gasteiger partial charge in [-0.25, -0.2) is 4.39 Å². The number of benzene rings is 1.